The Bertz CT molecular complexity index is 1800. The third-order valence-corrected chi connectivity index (χ3v) is 9.81. The number of piperidine rings is 1. The molecule has 2 aromatic heterocycles. The van der Waals surface area contributed by atoms with E-state index in [0.29, 0.717) is 12.0 Å². The summed E-state index contributed by atoms with van der Waals surface area (Å²) in [4.78, 5) is 14.6. The number of nitrogens with zero attached hydrogens (tertiary/aromatic N) is 4. The van der Waals surface area contributed by atoms with E-state index in [9.17, 15) is 0 Å². The summed E-state index contributed by atoms with van der Waals surface area (Å²) in [5, 5.41) is 0. The molecule has 1 saturated carbocycles. The van der Waals surface area contributed by atoms with Crippen molar-refractivity contribution in [3.05, 3.63) is 126 Å². The molecule has 0 radical (unpaired) electrons. The van der Waals surface area contributed by atoms with E-state index >= 15 is 0 Å². The van der Waals surface area contributed by atoms with Gasteiger partial charge in [-0.25, -0.2) is 0 Å². The first kappa shape index (κ1) is 30.9. The molecule has 0 amide bonds. The molecule has 5 aromatic rings. The lowest BCUT2D eigenvalue weighted by atomic mass is 9.97. The Balaban J connectivity index is 1.06. The molecular weight excluding hydrogens is 580 g/mol. The van der Waals surface area contributed by atoms with Crippen LogP contribution in [0.25, 0.3) is 22.5 Å². The second-order valence-electron chi connectivity index (χ2n) is 13.0. The van der Waals surface area contributed by atoms with Gasteiger partial charge in [-0.1, -0.05) is 30.3 Å². The van der Waals surface area contributed by atoms with E-state index in [0.717, 1.165) is 73.0 Å². The summed E-state index contributed by atoms with van der Waals surface area (Å²) in [5.74, 6) is 2.50. The number of ether oxygens (including phenoxy) is 2. The molecule has 6 nitrogen and oxygen atoms in total. The number of hydrogen-bond acceptors (Lipinski definition) is 6. The SMILES string of the molecule is COc1ccc(N(Cc2ccnc(-c3ccccc3)c2)C2CCN(Cc3ccnc(-c4cc(OC)c(C)c(C5CC5)c4)c3)CC2)cc1. The summed E-state index contributed by atoms with van der Waals surface area (Å²) >= 11 is 0. The highest BCUT2D eigenvalue weighted by Crippen LogP contribution is 2.45. The van der Waals surface area contributed by atoms with Crippen molar-refractivity contribution in [1.29, 1.82) is 0 Å². The Hall–Kier alpha value is -4.68. The Morgan fingerprint density at radius 1 is 0.723 bits per heavy atom. The molecular formula is C41H44N4O2. The molecule has 6 heteroatoms. The fourth-order valence-corrected chi connectivity index (χ4v) is 7.01. The maximum Gasteiger partial charge on any atom is 0.122 e. The zero-order chi connectivity index (χ0) is 32.2. The van der Waals surface area contributed by atoms with E-state index in [1.807, 2.05) is 18.5 Å². The maximum absolute atomic E-state index is 5.76. The summed E-state index contributed by atoms with van der Waals surface area (Å²) in [6.07, 6.45) is 8.63. The quantitative estimate of drug-likeness (QED) is 0.147. The number of hydrogen-bond donors (Lipinski definition) is 0. The van der Waals surface area contributed by atoms with Crippen molar-refractivity contribution in [2.24, 2.45) is 0 Å². The van der Waals surface area contributed by atoms with Gasteiger partial charge in [0.15, 0.2) is 0 Å². The van der Waals surface area contributed by atoms with Gasteiger partial charge in [-0.15, -0.1) is 0 Å². The van der Waals surface area contributed by atoms with Crippen LogP contribution in [0, 0.1) is 6.92 Å². The largest absolute Gasteiger partial charge is 0.497 e. The average molecular weight is 625 g/mol. The van der Waals surface area contributed by atoms with Crippen molar-refractivity contribution >= 4 is 5.69 Å². The Labute approximate surface area is 279 Å². The first-order chi connectivity index (χ1) is 23.1. The molecule has 0 atom stereocenters. The highest BCUT2D eigenvalue weighted by Gasteiger charge is 2.28. The minimum absolute atomic E-state index is 0.432. The second kappa shape index (κ2) is 14.0. The summed E-state index contributed by atoms with van der Waals surface area (Å²) in [6, 6.07) is 32.7. The van der Waals surface area contributed by atoms with Gasteiger partial charge in [0.05, 0.1) is 25.6 Å². The van der Waals surface area contributed by atoms with Crippen molar-refractivity contribution in [2.45, 2.75) is 57.7 Å². The minimum Gasteiger partial charge on any atom is -0.497 e. The van der Waals surface area contributed by atoms with Gasteiger partial charge < -0.3 is 14.4 Å². The molecule has 7 rings (SSSR count). The van der Waals surface area contributed by atoms with E-state index in [4.69, 9.17) is 14.5 Å². The first-order valence-electron chi connectivity index (χ1n) is 16.8. The molecule has 3 aromatic carbocycles. The number of pyridine rings is 2. The molecule has 0 N–H and O–H groups in total. The predicted octanol–water partition coefficient (Wildman–Crippen LogP) is 8.68. The number of likely N-dealkylation sites (tertiary alicyclic amines) is 1. The predicted molar refractivity (Wildman–Crippen MR) is 190 cm³/mol. The number of rotatable bonds is 11. The molecule has 2 fully saturated rings. The summed E-state index contributed by atoms with van der Waals surface area (Å²) in [7, 11) is 3.49. The fraction of sp³-hybridized carbons (Fsp3) is 0.317. The summed E-state index contributed by atoms with van der Waals surface area (Å²) < 4.78 is 11.2. The third kappa shape index (κ3) is 7.18. The van der Waals surface area contributed by atoms with Crippen molar-refractivity contribution in [3.63, 3.8) is 0 Å². The van der Waals surface area contributed by atoms with E-state index in [2.05, 4.69) is 107 Å². The first-order valence-corrected chi connectivity index (χ1v) is 16.8. The molecule has 2 aliphatic rings. The Morgan fingerprint density at radius 3 is 2.09 bits per heavy atom. The highest BCUT2D eigenvalue weighted by molar-refractivity contribution is 5.66. The van der Waals surface area contributed by atoms with Crippen molar-refractivity contribution < 1.29 is 9.47 Å². The van der Waals surface area contributed by atoms with Crippen LogP contribution >= 0.6 is 0 Å². The van der Waals surface area contributed by atoms with Crippen LogP contribution in [0.2, 0.25) is 0 Å². The van der Waals surface area contributed by atoms with Crippen LogP contribution < -0.4 is 14.4 Å². The monoisotopic (exact) mass is 624 g/mol. The molecule has 1 aliphatic carbocycles. The lowest BCUT2D eigenvalue weighted by Crippen LogP contribution is -2.44. The van der Waals surface area contributed by atoms with Crippen molar-refractivity contribution in [3.8, 4) is 34.0 Å². The lowest BCUT2D eigenvalue weighted by Gasteiger charge is -2.40. The molecule has 47 heavy (non-hydrogen) atoms. The molecule has 240 valence electrons. The van der Waals surface area contributed by atoms with Gasteiger partial charge in [0, 0.05) is 61.4 Å². The number of anilines is 1. The van der Waals surface area contributed by atoms with Crippen LogP contribution in [0.3, 0.4) is 0 Å². The number of benzene rings is 3. The van der Waals surface area contributed by atoms with Crippen molar-refractivity contribution in [2.75, 3.05) is 32.2 Å². The zero-order valence-electron chi connectivity index (χ0n) is 27.7. The van der Waals surface area contributed by atoms with Gasteiger partial charge in [-0.2, -0.15) is 0 Å². The van der Waals surface area contributed by atoms with Gasteiger partial charge in [0.25, 0.3) is 0 Å². The zero-order valence-corrected chi connectivity index (χ0v) is 27.7. The summed E-state index contributed by atoms with van der Waals surface area (Å²) in [5.41, 5.74) is 10.8. The van der Waals surface area contributed by atoms with E-state index in [1.165, 1.54) is 40.8 Å². The van der Waals surface area contributed by atoms with Gasteiger partial charge in [-0.3, -0.25) is 14.9 Å². The Kier molecular flexibility index (Phi) is 9.20. The van der Waals surface area contributed by atoms with Crippen LogP contribution in [0.4, 0.5) is 5.69 Å². The smallest absolute Gasteiger partial charge is 0.122 e. The molecule has 0 spiro atoms. The van der Waals surface area contributed by atoms with Crippen LogP contribution in [0.15, 0.2) is 103 Å². The molecule has 1 saturated heterocycles. The third-order valence-electron chi connectivity index (χ3n) is 9.81. The summed E-state index contributed by atoms with van der Waals surface area (Å²) in [6.45, 7) is 6.03. The minimum atomic E-state index is 0.432. The van der Waals surface area contributed by atoms with Crippen LogP contribution in [-0.4, -0.2) is 48.2 Å². The molecule has 1 aliphatic heterocycles. The van der Waals surface area contributed by atoms with Crippen LogP contribution in [0.5, 0.6) is 11.5 Å². The average Bonchev–Trinajstić information content (AvgIpc) is 3.98. The number of methoxy groups -OCH3 is 2. The van der Waals surface area contributed by atoms with Crippen LogP contribution in [0.1, 0.15) is 53.9 Å². The van der Waals surface area contributed by atoms with E-state index in [-0.39, 0.29) is 0 Å². The second-order valence-corrected chi connectivity index (χ2v) is 13.0. The maximum atomic E-state index is 5.76. The lowest BCUT2D eigenvalue weighted by molar-refractivity contribution is 0.201. The number of aromatic nitrogens is 2. The normalized spacial score (nSPS) is 15.4. The molecule has 0 bridgehead atoms. The van der Waals surface area contributed by atoms with Gasteiger partial charge in [0.1, 0.15) is 11.5 Å². The topological polar surface area (TPSA) is 50.7 Å². The fourth-order valence-electron chi connectivity index (χ4n) is 7.01. The van der Waals surface area contributed by atoms with Crippen LogP contribution in [-0.2, 0) is 13.1 Å². The molecule has 3 heterocycles. The Morgan fingerprint density at radius 2 is 1.40 bits per heavy atom. The van der Waals surface area contributed by atoms with Gasteiger partial charge >= 0.3 is 0 Å². The van der Waals surface area contributed by atoms with E-state index in [1.54, 1.807) is 14.2 Å². The standard InChI is InChI=1S/C41H44N4O2/c1-29-38(32-9-10-32)25-34(26-41(29)47-3)40-23-30(15-19-43-40)27-44-21-17-36(18-22-44)45(35-11-13-37(46-2)14-12-35)28-31-16-20-42-39(24-31)33-7-5-4-6-8-33/h4-8,11-16,19-20,23-26,32,36H,9-10,17-18,21-22,27-28H2,1-3H3. The van der Waals surface area contributed by atoms with E-state index < -0.39 is 0 Å². The van der Waals surface area contributed by atoms with Gasteiger partial charge in [0.2, 0.25) is 0 Å². The van der Waals surface area contributed by atoms with Gasteiger partial charge in [-0.05, 0) is 121 Å². The molecule has 0 unspecified atom stereocenters. The van der Waals surface area contributed by atoms with Crippen molar-refractivity contribution in [1.82, 2.24) is 14.9 Å². The highest BCUT2D eigenvalue weighted by atomic mass is 16.5.